The van der Waals surface area contributed by atoms with Crippen molar-refractivity contribution >= 4 is 11.9 Å². The number of nitrogens with zero attached hydrogens (tertiary/aromatic N) is 4. The third-order valence-corrected chi connectivity index (χ3v) is 7.43. The molecule has 1 saturated carbocycles. The summed E-state index contributed by atoms with van der Waals surface area (Å²) in [5.41, 5.74) is -0.471. The Bertz CT molecular complexity index is 1150. The Labute approximate surface area is 206 Å². The first kappa shape index (κ1) is 23.0. The van der Waals surface area contributed by atoms with Crippen LogP contribution in [0.2, 0.25) is 0 Å². The van der Waals surface area contributed by atoms with E-state index in [4.69, 9.17) is 23.7 Å². The summed E-state index contributed by atoms with van der Waals surface area (Å²) in [5.74, 6) is 0.676. The van der Waals surface area contributed by atoms with E-state index in [9.17, 15) is 14.7 Å². The minimum absolute atomic E-state index is 0.0116. The number of ether oxygens (including phenoxy) is 5. The molecule has 3 fully saturated rings. The number of fused-ring (bicyclic) bond motifs is 2. The largest absolute Gasteiger partial charge is 0.481 e. The SMILES string of the molecule is O=C(O)CC1(CC(=O)NC2COC3C2OCC3n2nnnc2Oc2ccc3c(c2)OCO3)CCCC1. The molecule has 2 saturated heterocycles. The molecule has 0 bridgehead atoms. The summed E-state index contributed by atoms with van der Waals surface area (Å²) in [4.78, 5) is 24.3. The Morgan fingerprint density at radius 3 is 2.75 bits per heavy atom. The van der Waals surface area contributed by atoms with Crippen LogP contribution < -0.4 is 19.5 Å². The van der Waals surface area contributed by atoms with Crippen molar-refractivity contribution in [3.05, 3.63) is 18.2 Å². The Kier molecular flexibility index (Phi) is 5.88. The van der Waals surface area contributed by atoms with E-state index < -0.39 is 11.4 Å². The number of carbonyl (C=O) groups excluding carboxylic acids is 1. The molecule has 4 atom stereocenters. The molecule has 4 aliphatic rings. The molecule has 1 aromatic carbocycles. The van der Waals surface area contributed by atoms with Crippen LogP contribution in [0.3, 0.4) is 0 Å². The molecule has 13 nitrogen and oxygen atoms in total. The van der Waals surface area contributed by atoms with E-state index in [2.05, 4.69) is 20.8 Å². The van der Waals surface area contributed by atoms with Crippen molar-refractivity contribution < 1.29 is 38.4 Å². The van der Waals surface area contributed by atoms with E-state index in [-0.39, 0.29) is 69.1 Å². The van der Waals surface area contributed by atoms with E-state index in [1.54, 1.807) is 18.2 Å². The fourth-order valence-electron chi connectivity index (χ4n) is 5.78. The number of hydrogen-bond acceptors (Lipinski definition) is 10. The Hall–Kier alpha value is -3.45. The van der Waals surface area contributed by atoms with Gasteiger partial charge in [0.05, 0.1) is 25.7 Å². The quantitative estimate of drug-likeness (QED) is 0.539. The Balaban J connectivity index is 1.10. The van der Waals surface area contributed by atoms with Gasteiger partial charge in [0, 0.05) is 12.5 Å². The zero-order valence-electron chi connectivity index (χ0n) is 19.5. The molecule has 192 valence electrons. The normalized spacial score (nSPS) is 27.7. The van der Waals surface area contributed by atoms with Gasteiger partial charge < -0.3 is 34.1 Å². The van der Waals surface area contributed by atoms with Crippen LogP contribution in [0.4, 0.5) is 0 Å². The second-order valence-corrected chi connectivity index (χ2v) is 9.81. The van der Waals surface area contributed by atoms with Gasteiger partial charge in [0.1, 0.15) is 24.0 Å². The maximum Gasteiger partial charge on any atom is 0.341 e. The fourth-order valence-corrected chi connectivity index (χ4v) is 5.78. The van der Waals surface area contributed by atoms with Gasteiger partial charge in [-0.2, -0.15) is 4.68 Å². The third-order valence-electron chi connectivity index (χ3n) is 7.43. The summed E-state index contributed by atoms with van der Waals surface area (Å²) in [6.45, 7) is 0.728. The number of carboxylic acids is 1. The van der Waals surface area contributed by atoms with E-state index in [1.807, 2.05) is 0 Å². The second kappa shape index (κ2) is 9.21. The molecule has 0 spiro atoms. The summed E-state index contributed by atoms with van der Waals surface area (Å²) in [6, 6.07) is 4.68. The van der Waals surface area contributed by atoms with E-state index in [0.717, 1.165) is 25.7 Å². The number of carbonyl (C=O) groups is 2. The lowest BCUT2D eigenvalue weighted by Gasteiger charge is -2.27. The van der Waals surface area contributed by atoms with Crippen LogP contribution in [0.1, 0.15) is 44.6 Å². The smallest absolute Gasteiger partial charge is 0.341 e. The van der Waals surface area contributed by atoms with Crippen LogP contribution in [0, 0.1) is 5.41 Å². The van der Waals surface area contributed by atoms with Crippen molar-refractivity contribution in [3.63, 3.8) is 0 Å². The van der Waals surface area contributed by atoms with Crippen LogP contribution in [0.5, 0.6) is 23.3 Å². The fraction of sp³-hybridized carbons (Fsp3) is 0.609. The molecule has 4 unspecified atom stereocenters. The highest BCUT2D eigenvalue weighted by atomic mass is 16.7. The van der Waals surface area contributed by atoms with Gasteiger partial charge in [-0.05, 0) is 40.8 Å². The standard InChI is InChI=1S/C23H27N5O8/c29-18(8-23(9-19(30)31)5-1-2-6-23)24-14-10-32-21-15(11-33-20(14)21)28-22(25-26-27-28)36-13-3-4-16-17(7-13)35-12-34-16/h3-4,7,14-15,20-21H,1-2,5-6,8-12H2,(H,24,29)(H,30,31). The van der Waals surface area contributed by atoms with Crippen molar-refractivity contribution in [1.82, 2.24) is 25.5 Å². The van der Waals surface area contributed by atoms with Crippen molar-refractivity contribution in [3.8, 4) is 23.3 Å². The molecule has 13 heteroatoms. The molecule has 1 amide bonds. The molecule has 2 aromatic rings. The van der Waals surface area contributed by atoms with Gasteiger partial charge in [-0.1, -0.05) is 17.9 Å². The van der Waals surface area contributed by atoms with Gasteiger partial charge in [-0.25, -0.2) is 0 Å². The van der Waals surface area contributed by atoms with E-state index in [0.29, 0.717) is 17.2 Å². The molecule has 4 heterocycles. The van der Waals surface area contributed by atoms with Gasteiger partial charge in [0.2, 0.25) is 12.7 Å². The van der Waals surface area contributed by atoms with Crippen LogP contribution in [0.15, 0.2) is 18.2 Å². The number of aliphatic carboxylic acids is 1. The van der Waals surface area contributed by atoms with Crippen molar-refractivity contribution in [2.45, 2.75) is 62.8 Å². The topological polar surface area (TPSA) is 156 Å². The predicted molar refractivity (Wildman–Crippen MR) is 119 cm³/mol. The number of aromatic nitrogens is 4. The zero-order valence-corrected chi connectivity index (χ0v) is 19.5. The molecular weight excluding hydrogens is 474 g/mol. The van der Waals surface area contributed by atoms with Crippen molar-refractivity contribution in [2.24, 2.45) is 5.41 Å². The monoisotopic (exact) mass is 501 g/mol. The van der Waals surface area contributed by atoms with Crippen LogP contribution >= 0.6 is 0 Å². The number of amides is 1. The van der Waals surface area contributed by atoms with Gasteiger partial charge in [0.25, 0.3) is 0 Å². The number of hydrogen-bond donors (Lipinski definition) is 2. The van der Waals surface area contributed by atoms with Crippen molar-refractivity contribution in [2.75, 3.05) is 20.0 Å². The molecule has 0 radical (unpaired) electrons. The number of carboxylic acid groups (broad SMARTS) is 1. The lowest BCUT2D eigenvalue weighted by molar-refractivity contribution is -0.140. The maximum atomic E-state index is 12.9. The van der Waals surface area contributed by atoms with Crippen LogP contribution in [0.25, 0.3) is 0 Å². The molecule has 36 heavy (non-hydrogen) atoms. The van der Waals surface area contributed by atoms with E-state index in [1.165, 1.54) is 4.68 Å². The molecule has 6 rings (SSSR count). The summed E-state index contributed by atoms with van der Waals surface area (Å²) in [7, 11) is 0. The number of benzene rings is 1. The highest BCUT2D eigenvalue weighted by Crippen LogP contribution is 2.44. The maximum absolute atomic E-state index is 12.9. The molecule has 1 aliphatic carbocycles. The van der Waals surface area contributed by atoms with Gasteiger partial charge in [0.15, 0.2) is 11.5 Å². The summed E-state index contributed by atoms with van der Waals surface area (Å²) in [5, 5.41) is 24.2. The Morgan fingerprint density at radius 2 is 1.92 bits per heavy atom. The van der Waals surface area contributed by atoms with Gasteiger partial charge >= 0.3 is 12.0 Å². The number of rotatable bonds is 8. The lowest BCUT2D eigenvalue weighted by atomic mass is 9.79. The first-order valence-corrected chi connectivity index (χ1v) is 12.1. The first-order chi connectivity index (χ1) is 17.5. The van der Waals surface area contributed by atoms with E-state index >= 15 is 0 Å². The molecule has 1 aromatic heterocycles. The van der Waals surface area contributed by atoms with Gasteiger partial charge in [-0.3, -0.25) is 9.59 Å². The second-order valence-electron chi connectivity index (χ2n) is 9.81. The minimum Gasteiger partial charge on any atom is -0.481 e. The van der Waals surface area contributed by atoms with Crippen molar-refractivity contribution in [1.29, 1.82) is 0 Å². The van der Waals surface area contributed by atoms with Gasteiger partial charge in [-0.15, -0.1) is 0 Å². The molecule has 2 N–H and O–H groups in total. The Morgan fingerprint density at radius 1 is 1.11 bits per heavy atom. The average molecular weight is 501 g/mol. The molecule has 3 aliphatic heterocycles. The highest BCUT2D eigenvalue weighted by molar-refractivity contribution is 5.78. The minimum atomic E-state index is -0.865. The first-order valence-electron chi connectivity index (χ1n) is 12.1. The number of tetrazole rings is 1. The molecular formula is C23H27N5O8. The van der Waals surface area contributed by atoms with Crippen LogP contribution in [-0.2, 0) is 19.1 Å². The lowest BCUT2D eigenvalue weighted by Crippen LogP contribution is -2.45. The zero-order chi connectivity index (χ0) is 24.7. The number of nitrogens with one attached hydrogen (secondary N) is 1. The third kappa shape index (κ3) is 4.32. The average Bonchev–Trinajstić information content (AvgIpc) is 3.64. The summed E-state index contributed by atoms with van der Waals surface area (Å²) < 4.78 is 30.2. The summed E-state index contributed by atoms with van der Waals surface area (Å²) in [6.07, 6.45) is 2.86. The highest BCUT2D eigenvalue weighted by Gasteiger charge is 2.50. The summed E-state index contributed by atoms with van der Waals surface area (Å²) >= 11 is 0. The predicted octanol–water partition coefficient (Wildman–Crippen LogP) is 1.44. The van der Waals surface area contributed by atoms with Crippen LogP contribution in [-0.4, -0.2) is 75.4 Å².